The van der Waals surface area contributed by atoms with Gasteiger partial charge in [-0.3, -0.25) is 4.57 Å². The predicted octanol–water partition coefficient (Wildman–Crippen LogP) is 0.833. The van der Waals surface area contributed by atoms with Gasteiger partial charge in [0.25, 0.3) is 0 Å². The van der Waals surface area contributed by atoms with Crippen LogP contribution in [0.15, 0.2) is 35.4 Å². The highest BCUT2D eigenvalue weighted by molar-refractivity contribution is 5.24. The van der Waals surface area contributed by atoms with Crippen LogP contribution in [0.4, 0.5) is 4.39 Å². The smallest absolute Gasteiger partial charge is 0.326 e. The summed E-state index contributed by atoms with van der Waals surface area (Å²) < 4.78 is 16.3. The first kappa shape index (κ1) is 11.6. The Balaban J connectivity index is 2.33. The van der Waals surface area contributed by atoms with Crippen LogP contribution >= 0.6 is 0 Å². The number of aromatic nitrogens is 2. The average Bonchev–Trinajstić information content (AvgIpc) is 2.60. The van der Waals surface area contributed by atoms with E-state index in [1.165, 1.54) is 21.3 Å². The summed E-state index contributed by atoms with van der Waals surface area (Å²) in [7, 11) is 1.68. The molecule has 2 rings (SSSR count). The van der Waals surface area contributed by atoms with Crippen LogP contribution in [0.5, 0.6) is 0 Å². The van der Waals surface area contributed by atoms with Gasteiger partial charge in [-0.25, -0.2) is 9.18 Å². The highest BCUT2D eigenvalue weighted by Crippen LogP contribution is 2.09. The molecule has 1 heterocycles. The van der Waals surface area contributed by atoms with Crippen LogP contribution in [0.25, 0.3) is 0 Å². The van der Waals surface area contributed by atoms with E-state index in [1.54, 1.807) is 19.4 Å². The van der Waals surface area contributed by atoms with Gasteiger partial charge in [0.2, 0.25) is 0 Å². The van der Waals surface area contributed by atoms with Crippen molar-refractivity contribution in [3.8, 4) is 0 Å². The Kier molecular flexibility index (Phi) is 3.10. The minimum absolute atomic E-state index is 0.122. The van der Waals surface area contributed by atoms with E-state index in [9.17, 15) is 9.18 Å². The van der Waals surface area contributed by atoms with Crippen molar-refractivity contribution < 1.29 is 4.39 Å². The summed E-state index contributed by atoms with van der Waals surface area (Å²) >= 11 is 0. The van der Waals surface area contributed by atoms with Gasteiger partial charge in [-0.05, 0) is 23.3 Å². The van der Waals surface area contributed by atoms with Crippen LogP contribution in [0.3, 0.4) is 0 Å². The van der Waals surface area contributed by atoms with Gasteiger partial charge in [0.1, 0.15) is 5.82 Å². The zero-order valence-corrected chi connectivity index (χ0v) is 9.56. The molecule has 2 aromatic rings. The van der Waals surface area contributed by atoms with Crippen molar-refractivity contribution in [1.82, 2.24) is 9.13 Å². The van der Waals surface area contributed by atoms with Gasteiger partial charge in [0.15, 0.2) is 0 Å². The van der Waals surface area contributed by atoms with Gasteiger partial charge in [-0.2, -0.15) is 0 Å². The monoisotopic (exact) mass is 235 g/mol. The number of halogens is 1. The first-order valence-electron chi connectivity index (χ1n) is 5.30. The van der Waals surface area contributed by atoms with E-state index in [4.69, 9.17) is 5.73 Å². The molecule has 5 heteroatoms. The molecule has 2 N–H and O–H groups in total. The second-order valence-electron chi connectivity index (χ2n) is 3.99. The normalized spacial score (nSPS) is 10.8. The van der Waals surface area contributed by atoms with Crippen molar-refractivity contribution in [3.63, 3.8) is 0 Å². The number of nitrogens with zero attached hydrogens (tertiary/aromatic N) is 2. The number of rotatable bonds is 3. The summed E-state index contributed by atoms with van der Waals surface area (Å²) in [6.07, 6.45) is 3.35. The first-order chi connectivity index (χ1) is 8.10. The topological polar surface area (TPSA) is 52.9 Å². The number of nitrogens with two attached hydrogens (primary N) is 1. The van der Waals surface area contributed by atoms with Gasteiger partial charge in [0.05, 0.1) is 6.54 Å². The van der Waals surface area contributed by atoms with Gasteiger partial charge in [-0.15, -0.1) is 0 Å². The zero-order valence-electron chi connectivity index (χ0n) is 9.56. The van der Waals surface area contributed by atoms with Gasteiger partial charge in [-0.1, -0.05) is 6.07 Å². The molecule has 0 unspecified atom stereocenters. The third-order valence-electron chi connectivity index (χ3n) is 2.62. The lowest BCUT2D eigenvalue weighted by atomic mass is 10.1. The van der Waals surface area contributed by atoms with Crippen molar-refractivity contribution in [2.75, 3.05) is 0 Å². The highest BCUT2D eigenvalue weighted by atomic mass is 19.1. The molecule has 0 atom stereocenters. The summed E-state index contributed by atoms with van der Waals surface area (Å²) in [6, 6.07) is 4.62. The van der Waals surface area contributed by atoms with Crippen molar-refractivity contribution in [2.45, 2.75) is 13.1 Å². The first-order valence-corrected chi connectivity index (χ1v) is 5.30. The Hall–Kier alpha value is -1.88. The third kappa shape index (κ3) is 2.45. The molecule has 0 saturated heterocycles. The van der Waals surface area contributed by atoms with Gasteiger partial charge >= 0.3 is 5.69 Å². The van der Waals surface area contributed by atoms with Gasteiger partial charge in [0, 0.05) is 26.0 Å². The van der Waals surface area contributed by atoms with E-state index >= 15 is 0 Å². The lowest BCUT2D eigenvalue weighted by Crippen LogP contribution is -2.22. The van der Waals surface area contributed by atoms with E-state index < -0.39 is 0 Å². The molecule has 4 nitrogen and oxygen atoms in total. The number of hydrogen-bond acceptors (Lipinski definition) is 2. The number of hydrogen-bond donors (Lipinski definition) is 1. The lowest BCUT2D eigenvalue weighted by Gasteiger charge is -2.05. The van der Waals surface area contributed by atoms with Crippen LogP contribution in [0, 0.1) is 5.82 Å². The standard InChI is InChI=1S/C12H14FN3O/c1-15-2-3-16(12(15)17)8-10-4-9(7-14)5-11(13)6-10/h2-6H,7-8,14H2,1H3. The van der Waals surface area contributed by atoms with Crippen LogP contribution in [-0.2, 0) is 20.1 Å². The van der Waals surface area contributed by atoms with Crippen LogP contribution in [0.2, 0.25) is 0 Å². The largest absolute Gasteiger partial charge is 0.328 e. The van der Waals surface area contributed by atoms with Gasteiger partial charge < -0.3 is 10.3 Å². The van der Waals surface area contributed by atoms with E-state index in [0.29, 0.717) is 6.54 Å². The molecule has 1 aromatic heterocycles. The van der Waals surface area contributed by atoms with E-state index in [1.807, 2.05) is 6.07 Å². The van der Waals surface area contributed by atoms with E-state index in [0.717, 1.165) is 11.1 Å². The quantitative estimate of drug-likeness (QED) is 0.856. The molecular weight excluding hydrogens is 221 g/mol. The Labute approximate surface area is 98.1 Å². The Morgan fingerprint density at radius 3 is 2.53 bits per heavy atom. The second-order valence-corrected chi connectivity index (χ2v) is 3.99. The molecular formula is C12H14FN3O. The molecule has 1 aromatic carbocycles. The molecule has 0 fully saturated rings. The van der Waals surface area contributed by atoms with Crippen molar-refractivity contribution in [3.05, 3.63) is 58.0 Å². The van der Waals surface area contributed by atoms with Crippen molar-refractivity contribution in [2.24, 2.45) is 12.8 Å². The van der Waals surface area contributed by atoms with Crippen LogP contribution < -0.4 is 11.4 Å². The highest BCUT2D eigenvalue weighted by Gasteiger charge is 2.04. The molecule has 0 spiro atoms. The summed E-state index contributed by atoms with van der Waals surface area (Å²) in [5.74, 6) is -0.327. The molecule has 0 radical (unpaired) electrons. The molecule has 0 aliphatic carbocycles. The minimum atomic E-state index is -0.327. The molecule has 17 heavy (non-hydrogen) atoms. The number of benzene rings is 1. The van der Waals surface area contributed by atoms with Crippen molar-refractivity contribution >= 4 is 0 Å². The van der Waals surface area contributed by atoms with Crippen LogP contribution in [0.1, 0.15) is 11.1 Å². The maximum absolute atomic E-state index is 13.3. The summed E-state index contributed by atoms with van der Waals surface area (Å²) in [6.45, 7) is 0.638. The molecule has 0 aliphatic rings. The molecule has 0 aliphatic heterocycles. The molecule has 0 saturated carbocycles. The minimum Gasteiger partial charge on any atom is -0.326 e. The van der Waals surface area contributed by atoms with Crippen LogP contribution in [-0.4, -0.2) is 9.13 Å². The number of imidazole rings is 1. The fourth-order valence-electron chi connectivity index (χ4n) is 1.75. The average molecular weight is 235 g/mol. The maximum Gasteiger partial charge on any atom is 0.328 e. The zero-order chi connectivity index (χ0) is 12.4. The Morgan fingerprint density at radius 2 is 1.94 bits per heavy atom. The third-order valence-corrected chi connectivity index (χ3v) is 2.62. The predicted molar refractivity (Wildman–Crippen MR) is 63.1 cm³/mol. The maximum atomic E-state index is 13.3. The second kappa shape index (κ2) is 4.55. The molecule has 90 valence electrons. The Morgan fingerprint density at radius 1 is 1.24 bits per heavy atom. The number of aryl methyl sites for hydroxylation is 1. The lowest BCUT2D eigenvalue weighted by molar-refractivity contribution is 0.619. The SMILES string of the molecule is Cn1ccn(Cc2cc(F)cc(CN)c2)c1=O. The fraction of sp³-hybridized carbons (Fsp3) is 0.250. The van der Waals surface area contributed by atoms with Crippen molar-refractivity contribution in [1.29, 1.82) is 0 Å². The summed E-state index contributed by atoms with van der Waals surface area (Å²) in [5.41, 5.74) is 6.81. The Bertz CT molecular complexity index is 586. The molecule has 0 amide bonds. The molecule has 0 bridgehead atoms. The fourth-order valence-corrected chi connectivity index (χ4v) is 1.75. The van der Waals surface area contributed by atoms with E-state index in [-0.39, 0.29) is 18.1 Å². The summed E-state index contributed by atoms with van der Waals surface area (Å²) in [4.78, 5) is 11.6. The van der Waals surface area contributed by atoms with E-state index in [2.05, 4.69) is 0 Å². The summed E-state index contributed by atoms with van der Waals surface area (Å²) in [5, 5.41) is 0.